The second kappa shape index (κ2) is 5.31. The molecule has 0 spiro atoms. The van der Waals surface area contributed by atoms with Crippen molar-refractivity contribution in [3.05, 3.63) is 29.8 Å². The fourth-order valence-electron chi connectivity index (χ4n) is 2.94. The third-order valence-corrected chi connectivity index (χ3v) is 4.26. The summed E-state index contributed by atoms with van der Waals surface area (Å²) in [5.41, 5.74) is 2.93. The summed E-state index contributed by atoms with van der Waals surface area (Å²) < 4.78 is 0. The van der Waals surface area contributed by atoms with Gasteiger partial charge in [-0.3, -0.25) is 0 Å². The van der Waals surface area contributed by atoms with Gasteiger partial charge in [-0.1, -0.05) is 18.2 Å². The molecule has 0 aromatic heterocycles. The maximum Gasteiger partial charge on any atom is 0.0414 e. The molecule has 1 aromatic rings. The van der Waals surface area contributed by atoms with Crippen LogP contribution in [0.1, 0.15) is 44.6 Å². The van der Waals surface area contributed by atoms with Crippen molar-refractivity contribution in [3.63, 3.8) is 0 Å². The molecule has 1 saturated heterocycles. The second-order valence-corrected chi connectivity index (χ2v) is 5.82. The first-order chi connectivity index (χ1) is 8.84. The van der Waals surface area contributed by atoms with Crippen molar-refractivity contribution >= 4 is 5.69 Å². The summed E-state index contributed by atoms with van der Waals surface area (Å²) in [4.78, 5) is 2.60. The van der Waals surface area contributed by atoms with Gasteiger partial charge in [0.25, 0.3) is 0 Å². The van der Waals surface area contributed by atoms with E-state index in [0.717, 1.165) is 12.6 Å². The van der Waals surface area contributed by atoms with Crippen LogP contribution in [-0.2, 0) is 6.54 Å². The van der Waals surface area contributed by atoms with E-state index in [1.165, 1.54) is 49.9 Å². The zero-order valence-electron chi connectivity index (χ0n) is 11.4. The van der Waals surface area contributed by atoms with Crippen LogP contribution in [0.4, 0.5) is 5.69 Å². The molecule has 1 aliphatic carbocycles. The van der Waals surface area contributed by atoms with E-state index >= 15 is 0 Å². The van der Waals surface area contributed by atoms with E-state index in [9.17, 15) is 0 Å². The Labute approximate surface area is 110 Å². The first-order valence-electron chi connectivity index (χ1n) is 7.42. The lowest BCUT2D eigenvalue weighted by Gasteiger charge is -2.36. The minimum absolute atomic E-state index is 0.695. The molecule has 1 heterocycles. The van der Waals surface area contributed by atoms with Crippen LogP contribution in [0.5, 0.6) is 0 Å². The largest absolute Gasteiger partial charge is 0.369 e. The van der Waals surface area contributed by atoms with Crippen molar-refractivity contribution in [2.24, 2.45) is 0 Å². The van der Waals surface area contributed by atoms with Crippen molar-refractivity contribution in [2.45, 2.75) is 57.7 Å². The van der Waals surface area contributed by atoms with Crippen LogP contribution in [0.3, 0.4) is 0 Å². The molecular weight excluding hydrogens is 220 g/mol. The molecule has 1 aliphatic heterocycles. The first-order valence-corrected chi connectivity index (χ1v) is 7.42. The molecule has 1 saturated carbocycles. The van der Waals surface area contributed by atoms with E-state index in [0.29, 0.717) is 6.04 Å². The number of anilines is 1. The maximum atomic E-state index is 3.64. The Morgan fingerprint density at radius 2 is 2.00 bits per heavy atom. The van der Waals surface area contributed by atoms with Crippen molar-refractivity contribution in [2.75, 3.05) is 11.4 Å². The number of hydrogen-bond acceptors (Lipinski definition) is 2. The molecular formula is C16H24N2. The number of para-hydroxylation sites is 1. The Morgan fingerprint density at radius 1 is 1.17 bits per heavy atom. The minimum Gasteiger partial charge on any atom is -0.369 e. The Morgan fingerprint density at radius 3 is 2.78 bits per heavy atom. The fraction of sp³-hybridized carbons (Fsp3) is 0.625. The summed E-state index contributed by atoms with van der Waals surface area (Å²) in [5, 5.41) is 3.64. The van der Waals surface area contributed by atoms with Crippen molar-refractivity contribution in [1.29, 1.82) is 0 Å². The number of piperidine rings is 1. The van der Waals surface area contributed by atoms with Gasteiger partial charge in [-0.05, 0) is 50.7 Å². The van der Waals surface area contributed by atoms with Gasteiger partial charge in [0.1, 0.15) is 0 Å². The van der Waals surface area contributed by atoms with Gasteiger partial charge in [0.15, 0.2) is 0 Å². The molecule has 2 nitrogen and oxygen atoms in total. The highest BCUT2D eigenvalue weighted by Crippen LogP contribution is 2.28. The summed E-state index contributed by atoms with van der Waals surface area (Å²) in [5.74, 6) is 0. The van der Waals surface area contributed by atoms with Gasteiger partial charge in [0.05, 0.1) is 0 Å². The molecule has 0 amide bonds. The van der Waals surface area contributed by atoms with Crippen LogP contribution in [0.15, 0.2) is 24.3 Å². The molecule has 0 bridgehead atoms. The average molecular weight is 244 g/mol. The topological polar surface area (TPSA) is 15.3 Å². The quantitative estimate of drug-likeness (QED) is 0.874. The molecule has 1 unspecified atom stereocenters. The van der Waals surface area contributed by atoms with E-state index in [1.807, 2.05) is 0 Å². The van der Waals surface area contributed by atoms with Crippen LogP contribution in [0.2, 0.25) is 0 Å². The monoisotopic (exact) mass is 244 g/mol. The molecule has 0 radical (unpaired) electrons. The summed E-state index contributed by atoms with van der Waals surface area (Å²) in [7, 11) is 0. The highest BCUT2D eigenvalue weighted by Gasteiger charge is 2.23. The third kappa shape index (κ3) is 2.69. The van der Waals surface area contributed by atoms with Crippen LogP contribution in [-0.4, -0.2) is 18.6 Å². The van der Waals surface area contributed by atoms with Gasteiger partial charge in [-0.2, -0.15) is 0 Å². The van der Waals surface area contributed by atoms with Gasteiger partial charge in [-0.25, -0.2) is 0 Å². The molecule has 1 atom stereocenters. The zero-order chi connectivity index (χ0) is 12.4. The Hall–Kier alpha value is -1.02. The molecule has 1 N–H and O–H groups in total. The van der Waals surface area contributed by atoms with Gasteiger partial charge in [0, 0.05) is 30.9 Å². The van der Waals surface area contributed by atoms with Crippen molar-refractivity contribution < 1.29 is 0 Å². The summed E-state index contributed by atoms with van der Waals surface area (Å²) in [6, 6.07) is 10.4. The van der Waals surface area contributed by atoms with Crippen LogP contribution < -0.4 is 10.2 Å². The lowest BCUT2D eigenvalue weighted by molar-refractivity contribution is 0.483. The van der Waals surface area contributed by atoms with Crippen LogP contribution in [0.25, 0.3) is 0 Å². The lowest BCUT2D eigenvalue weighted by Crippen LogP contribution is -2.38. The van der Waals surface area contributed by atoms with E-state index in [2.05, 4.69) is 41.4 Å². The van der Waals surface area contributed by atoms with Gasteiger partial charge >= 0.3 is 0 Å². The zero-order valence-corrected chi connectivity index (χ0v) is 11.4. The Balaban J connectivity index is 1.75. The molecule has 2 fully saturated rings. The number of nitrogens with one attached hydrogen (secondary N) is 1. The molecule has 2 heteroatoms. The molecule has 1 aromatic carbocycles. The highest BCUT2D eigenvalue weighted by molar-refractivity contribution is 5.54. The van der Waals surface area contributed by atoms with Gasteiger partial charge in [0.2, 0.25) is 0 Å². The minimum atomic E-state index is 0.695. The lowest BCUT2D eigenvalue weighted by atomic mass is 10.0. The predicted molar refractivity (Wildman–Crippen MR) is 77.0 cm³/mol. The number of rotatable bonds is 4. The van der Waals surface area contributed by atoms with Crippen molar-refractivity contribution in [3.8, 4) is 0 Å². The van der Waals surface area contributed by atoms with Gasteiger partial charge in [-0.15, -0.1) is 0 Å². The normalized spacial score (nSPS) is 24.3. The molecule has 3 rings (SSSR count). The number of benzene rings is 1. The highest BCUT2D eigenvalue weighted by atomic mass is 15.2. The van der Waals surface area contributed by atoms with Gasteiger partial charge < -0.3 is 10.2 Å². The Kier molecular flexibility index (Phi) is 3.55. The first kappa shape index (κ1) is 12.0. The summed E-state index contributed by atoms with van der Waals surface area (Å²) in [6.07, 6.45) is 6.80. The maximum absolute atomic E-state index is 3.64. The Bertz CT molecular complexity index is 398. The van der Waals surface area contributed by atoms with E-state index in [4.69, 9.17) is 0 Å². The molecule has 18 heavy (non-hydrogen) atoms. The fourth-order valence-corrected chi connectivity index (χ4v) is 2.94. The molecule has 98 valence electrons. The smallest absolute Gasteiger partial charge is 0.0414 e. The molecule has 2 aliphatic rings. The van der Waals surface area contributed by atoms with E-state index < -0.39 is 0 Å². The predicted octanol–water partition coefficient (Wildman–Crippen LogP) is 3.32. The van der Waals surface area contributed by atoms with Crippen LogP contribution >= 0.6 is 0 Å². The number of nitrogens with zero attached hydrogens (tertiary/aromatic N) is 1. The van der Waals surface area contributed by atoms with E-state index in [-0.39, 0.29) is 0 Å². The van der Waals surface area contributed by atoms with Crippen molar-refractivity contribution in [1.82, 2.24) is 5.32 Å². The number of hydrogen-bond donors (Lipinski definition) is 1. The SMILES string of the molecule is CC1CCCCN1c1ccccc1CNC1CC1. The summed E-state index contributed by atoms with van der Waals surface area (Å²) in [6.45, 7) is 4.62. The standard InChI is InChI=1S/C16H24N2/c1-13-6-4-5-11-18(13)16-8-3-2-7-14(16)12-17-15-9-10-15/h2-3,7-8,13,15,17H,4-6,9-12H2,1H3. The summed E-state index contributed by atoms with van der Waals surface area (Å²) >= 11 is 0. The average Bonchev–Trinajstić information content (AvgIpc) is 3.22. The second-order valence-electron chi connectivity index (χ2n) is 5.82. The van der Waals surface area contributed by atoms with E-state index in [1.54, 1.807) is 0 Å². The van der Waals surface area contributed by atoms with Crippen LogP contribution in [0, 0.1) is 0 Å². The third-order valence-electron chi connectivity index (χ3n) is 4.26.